The Morgan fingerprint density at radius 1 is 1.33 bits per heavy atom. The van der Waals surface area contributed by atoms with Crippen molar-refractivity contribution in [2.24, 2.45) is 5.92 Å². The van der Waals surface area contributed by atoms with Crippen LogP contribution in [0.15, 0.2) is 24.4 Å². The van der Waals surface area contributed by atoms with Gasteiger partial charge in [-0.15, -0.1) is 0 Å². The predicted molar refractivity (Wildman–Crippen MR) is 79.8 cm³/mol. The van der Waals surface area contributed by atoms with Crippen LogP contribution in [0, 0.1) is 5.92 Å². The molecule has 5 heteroatoms. The molecule has 1 aliphatic heterocycles. The number of pyridine rings is 1. The summed E-state index contributed by atoms with van der Waals surface area (Å²) in [7, 11) is 0. The Balaban J connectivity index is 2.04. The van der Waals surface area contributed by atoms with Crippen LogP contribution >= 0.6 is 0 Å². The van der Waals surface area contributed by atoms with Gasteiger partial charge in [-0.05, 0) is 42.9 Å². The summed E-state index contributed by atoms with van der Waals surface area (Å²) < 4.78 is 0. The zero-order valence-electron chi connectivity index (χ0n) is 12.2. The number of hydrogen-bond donors (Lipinski definition) is 1. The highest BCUT2D eigenvalue weighted by Gasteiger charge is 2.20. The number of amides is 1. The first-order chi connectivity index (χ1) is 10.1. The molecule has 1 aromatic heterocycles. The minimum absolute atomic E-state index is 0.0436. The van der Waals surface area contributed by atoms with Crippen molar-refractivity contribution in [3.63, 3.8) is 0 Å². The van der Waals surface area contributed by atoms with Gasteiger partial charge in [0.25, 0.3) is 5.91 Å². The summed E-state index contributed by atoms with van der Waals surface area (Å²) in [5.41, 5.74) is 1.08. The van der Waals surface area contributed by atoms with Gasteiger partial charge in [0.15, 0.2) is 0 Å². The second-order valence-electron chi connectivity index (χ2n) is 5.48. The minimum atomic E-state index is -1.01. The van der Waals surface area contributed by atoms with Gasteiger partial charge >= 0.3 is 5.97 Å². The van der Waals surface area contributed by atoms with Crippen LogP contribution in [-0.2, 0) is 4.79 Å². The Morgan fingerprint density at radius 2 is 2.14 bits per heavy atom. The zero-order chi connectivity index (χ0) is 15.2. The van der Waals surface area contributed by atoms with Gasteiger partial charge in [-0.25, -0.2) is 4.79 Å². The van der Waals surface area contributed by atoms with Gasteiger partial charge in [0.1, 0.15) is 5.69 Å². The number of carbonyl (C=O) groups excluding carboxylic acids is 1. The van der Waals surface area contributed by atoms with Crippen LogP contribution in [0.25, 0.3) is 6.08 Å². The smallest absolute Gasteiger partial charge is 0.328 e. The molecule has 1 N–H and O–H groups in total. The molecule has 2 rings (SSSR count). The number of aliphatic carboxylic acids is 1. The predicted octanol–water partition coefficient (Wildman–Crippen LogP) is 2.44. The SMILES string of the molecule is CC1CCCN(C(=O)c2ccc(C=CC(=O)O)cn2)CC1. The highest BCUT2D eigenvalue weighted by molar-refractivity contribution is 5.92. The number of likely N-dealkylation sites (tertiary alicyclic amines) is 1. The Hall–Kier alpha value is -2.17. The highest BCUT2D eigenvalue weighted by Crippen LogP contribution is 2.18. The monoisotopic (exact) mass is 288 g/mol. The number of carbonyl (C=O) groups is 2. The van der Waals surface area contributed by atoms with Gasteiger partial charge in [0.2, 0.25) is 0 Å². The van der Waals surface area contributed by atoms with Gasteiger partial charge in [0, 0.05) is 25.4 Å². The lowest BCUT2D eigenvalue weighted by Crippen LogP contribution is -2.32. The van der Waals surface area contributed by atoms with E-state index < -0.39 is 5.97 Å². The number of nitrogens with zero attached hydrogens (tertiary/aromatic N) is 2. The molecule has 1 aromatic rings. The van der Waals surface area contributed by atoms with Crippen molar-refractivity contribution in [2.45, 2.75) is 26.2 Å². The molecule has 1 aliphatic rings. The molecule has 1 unspecified atom stereocenters. The van der Waals surface area contributed by atoms with Crippen LogP contribution in [-0.4, -0.2) is 40.0 Å². The fraction of sp³-hybridized carbons (Fsp3) is 0.438. The van der Waals surface area contributed by atoms with Crippen molar-refractivity contribution >= 4 is 18.0 Å². The number of carboxylic acid groups (broad SMARTS) is 1. The molecular formula is C16H20N2O3. The summed E-state index contributed by atoms with van der Waals surface area (Å²) in [5, 5.41) is 8.57. The van der Waals surface area contributed by atoms with E-state index in [0.717, 1.165) is 38.4 Å². The maximum absolute atomic E-state index is 12.4. The maximum Gasteiger partial charge on any atom is 0.328 e. The molecule has 1 fully saturated rings. The quantitative estimate of drug-likeness (QED) is 0.867. The average Bonchev–Trinajstić information content (AvgIpc) is 2.69. The van der Waals surface area contributed by atoms with Crippen molar-refractivity contribution in [3.05, 3.63) is 35.7 Å². The number of rotatable bonds is 3. The molecular weight excluding hydrogens is 268 g/mol. The molecule has 0 aromatic carbocycles. The summed E-state index contributed by atoms with van der Waals surface area (Å²) in [6.45, 7) is 3.78. The van der Waals surface area contributed by atoms with Crippen molar-refractivity contribution < 1.29 is 14.7 Å². The zero-order valence-corrected chi connectivity index (χ0v) is 12.2. The van der Waals surface area contributed by atoms with Gasteiger partial charge in [0.05, 0.1) is 0 Å². The molecule has 1 saturated heterocycles. The minimum Gasteiger partial charge on any atom is -0.478 e. The maximum atomic E-state index is 12.4. The molecule has 2 heterocycles. The number of aromatic nitrogens is 1. The first kappa shape index (κ1) is 15.2. The van der Waals surface area contributed by atoms with Gasteiger partial charge in [-0.2, -0.15) is 0 Å². The molecule has 1 atom stereocenters. The van der Waals surface area contributed by atoms with Crippen molar-refractivity contribution in [1.82, 2.24) is 9.88 Å². The molecule has 21 heavy (non-hydrogen) atoms. The molecule has 0 bridgehead atoms. The van der Waals surface area contributed by atoms with E-state index >= 15 is 0 Å². The fourth-order valence-electron chi connectivity index (χ4n) is 2.43. The van der Waals surface area contributed by atoms with E-state index in [2.05, 4.69) is 11.9 Å². The molecule has 0 aliphatic carbocycles. The van der Waals surface area contributed by atoms with Crippen LogP contribution in [0.2, 0.25) is 0 Å². The van der Waals surface area contributed by atoms with E-state index in [0.29, 0.717) is 17.2 Å². The topological polar surface area (TPSA) is 70.5 Å². The van der Waals surface area contributed by atoms with Crippen LogP contribution in [0.4, 0.5) is 0 Å². The van der Waals surface area contributed by atoms with Crippen LogP contribution in [0.5, 0.6) is 0 Å². The molecule has 0 saturated carbocycles. The Kier molecular flexibility index (Phi) is 5.09. The Labute approximate surface area is 124 Å². The number of carboxylic acids is 1. The summed E-state index contributed by atoms with van der Waals surface area (Å²) in [5.74, 6) is -0.383. The van der Waals surface area contributed by atoms with E-state index in [1.54, 1.807) is 12.1 Å². The lowest BCUT2D eigenvalue weighted by molar-refractivity contribution is -0.131. The third-order valence-corrected chi connectivity index (χ3v) is 3.73. The standard InChI is InChI=1S/C16H20N2O3/c1-12-3-2-9-18(10-8-12)16(21)14-6-4-13(11-17-14)5-7-15(19)20/h4-7,11-12H,2-3,8-10H2,1H3,(H,19,20). The summed E-state index contributed by atoms with van der Waals surface area (Å²) in [4.78, 5) is 28.8. The summed E-state index contributed by atoms with van der Waals surface area (Å²) >= 11 is 0. The van der Waals surface area contributed by atoms with Gasteiger partial charge < -0.3 is 10.0 Å². The van der Waals surface area contributed by atoms with Crippen LogP contribution in [0.3, 0.4) is 0 Å². The van der Waals surface area contributed by atoms with E-state index in [1.807, 2.05) is 4.90 Å². The second kappa shape index (κ2) is 7.02. The third kappa shape index (κ3) is 4.41. The van der Waals surface area contributed by atoms with E-state index in [1.165, 1.54) is 12.3 Å². The number of hydrogen-bond acceptors (Lipinski definition) is 3. The molecule has 1 amide bonds. The van der Waals surface area contributed by atoms with E-state index in [-0.39, 0.29) is 5.91 Å². The average molecular weight is 288 g/mol. The van der Waals surface area contributed by atoms with Crippen molar-refractivity contribution in [1.29, 1.82) is 0 Å². The highest BCUT2D eigenvalue weighted by atomic mass is 16.4. The molecule has 112 valence electrons. The summed E-state index contributed by atoms with van der Waals surface area (Å²) in [6, 6.07) is 3.36. The van der Waals surface area contributed by atoms with Crippen molar-refractivity contribution in [3.8, 4) is 0 Å². The lowest BCUT2D eigenvalue weighted by atomic mass is 10.0. The third-order valence-electron chi connectivity index (χ3n) is 3.73. The van der Waals surface area contributed by atoms with E-state index in [4.69, 9.17) is 5.11 Å². The second-order valence-corrected chi connectivity index (χ2v) is 5.48. The summed E-state index contributed by atoms with van der Waals surface area (Å²) in [6.07, 6.45) is 7.26. The van der Waals surface area contributed by atoms with Gasteiger partial charge in [-0.1, -0.05) is 13.0 Å². The Bertz CT molecular complexity index is 537. The normalized spacial score (nSPS) is 19.5. The largest absolute Gasteiger partial charge is 0.478 e. The van der Waals surface area contributed by atoms with E-state index in [9.17, 15) is 9.59 Å². The molecule has 0 radical (unpaired) electrons. The van der Waals surface area contributed by atoms with Crippen molar-refractivity contribution in [2.75, 3.05) is 13.1 Å². The lowest BCUT2D eigenvalue weighted by Gasteiger charge is -2.19. The van der Waals surface area contributed by atoms with Crippen LogP contribution in [0.1, 0.15) is 42.2 Å². The first-order valence-electron chi connectivity index (χ1n) is 7.22. The fourth-order valence-corrected chi connectivity index (χ4v) is 2.43. The molecule has 5 nitrogen and oxygen atoms in total. The first-order valence-corrected chi connectivity index (χ1v) is 7.22. The van der Waals surface area contributed by atoms with Crippen LogP contribution < -0.4 is 0 Å². The van der Waals surface area contributed by atoms with Gasteiger partial charge in [-0.3, -0.25) is 9.78 Å². The molecule has 0 spiro atoms. The Morgan fingerprint density at radius 3 is 2.81 bits per heavy atom.